The number of hydrogen-bond acceptors (Lipinski definition) is 4. The first-order chi connectivity index (χ1) is 5.72. The summed E-state index contributed by atoms with van der Waals surface area (Å²) in [6, 6.07) is 0. The Morgan fingerprint density at radius 2 is 2.50 bits per heavy atom. The highest BCUT2D eigenvalue weighted by Crippen LogP contribution is 2.23. The van der Waals surface area contributed by atoms with Crippen LogP contribution < -0.4 is 10.5 Å². The molecule has 1 aromatic rings. The van der Waals surface area contributed by atoms with Gasteiger partial charge in [0.1, 0.15) is 5.00 Å². The molecule has 0 saturated heterocycles. The molecule has 0 aliphatic heterocycles. The normalized spacial score (nSPS) is 12.8. The fourth-order valence-electron chi connectivity index (χ4n) is 0.962. The van der Waals surface area contributed by atoms with Crippen molar-refractivity contribution in [3.63, 3.8) is 0 Å². The molecule has 1 rings (SSSR count). The van der Waals surface area contributed by atoms with Crippen LogP contribution in [0, 0.1) is 0 Å². The minimum absolute atomic E-state index is 0.237. The van der Waals surface area contributed by atoms with E-state index < -0.39 is 0 Å². The molecule has 0 aromatic carbocycles. The molecule has 3 nitrogen and oxygen atoms in total. The number of rotatable bonds is 4. The molecular weight excluding hydrogens is 172 g/mol. The van der Waals surface area contributed by atoms with Crippen molar-refractivity contribution < 1.29 is 4.74 Å². The van der Waals surface area contributed by atoms with Crippen molar-refractivity contribution in [3.8, 4) is 5.19 Å². The molecule has 0 amide bonds. The van der Waals surface area contributed by atoms with Crippen molar-refractivity contribution >= 4 is 16.3 Å². The maximum Gasteiger partial charge on any atom is 0.275 e. The number of thiazole rings is 1. The van der Waals surface area contributed by atoms with Crippen molar-refractivity contribution in [2.45, 2.75) is 32.8 Å². The second-order valence-electron chi connectivity index (χ2n) is 2.75. The highest BCUT2D eigenvalue weighted by Gasteiger charge is 2.05. The van der Waals surface area contributed by atoms with Gasteiger partial charge in [-0.25, -0.2) is 4.98 Å². The SMILES string of the molecule is CCCC(C)Oc1ncc(N)s1. The number of ether oxygens (including phenoxy) is 1. The Balaban J connectivity index is 2.41. The Kier molecular flexibility index (Phi) is 3.34. The molecule has 1 unspecified atom stereocenters. The van der Waals surface area contributed by atoms with Crippen LogP contribution in [0.4, 0.5) is 5.00 Å². The standard InChI is InChI=1S/C8H14N2OS/c1-3-4-6(2)11-8-10-5-7(9)12-8/h5-6H,3-4,9H2,1-2H3. The van der Waals surface area contributed by atoms with Gasteiger partial charge in [0, 0.05) is 0 Å². The first-order valence-electron chi connectivity index (χ1n) is 4.10. The monoisotopic (exact) mass is 186 g/mol. The molecular formula is C8H14N2OS. The van der Waals surface area contributed by atoms with Crippen molar-refractivity contribution in [3.05, 3.63) is 6.20 Å². The molecule has 0 radical (unpaired) electrons. The van der Waals surface area contributed by atoms with Gasteiger partial charge in [-0.15, -0.1) is 0 Å². The number of anilines is 1. The Hall–Kier alpha value is -0.770. The van der Waals surface area contributed by atoms with E-state index in [-0.39, 0.29) is 6.10 Å². The van der Waals surface area contributed by atoms with E-state index >= 15 is 0 Å². The highest BCUT2D eigenvalue weighted by atomic mass is 32.1. The number of hydrogen-bond donors (Lipinski definition) is 1. The van der Waals surface area contributed by atoms with E-state index in [0.29, 0.717) is 10.2 Å². The van der Waals surface area contributed by atoms with Gasteiger partial charge in [-0.3, -0.25) is 0 Å². The molecule has 0 bridgehead atoms. The van der Waals surface area contributed by atoms with Crippen LogP contribution in [0.5, 0.6) is 5.19 Å². The Morgan fingerprint density at radius 3 is 3.00 bits per heavy atom. The number of aromatic nitrogens is 1. The van der Waals surface area contributed by atoms with Gasteiger partial charge in [0.2, 0.25) is 0 Å². The third-order valence-electron chi connectivity index (χ3n) is 1.50. The Morgan fingerprint density at radius 1 is 1.75 bits per heavy atom. The molecule has 1 aromatic heterocycles. The molecule has 0 fully saturated rings. The van der Waals surface area contributed by atoms with Gasteiger partial charge in [0.15, 0.2) is 0 Å². The zero-order chi connectivity index (χ0) is 8.97. The van der Waals surface area contributed by atoms with E-state index in [2.05, 4.69) is 11.9 Å². The number of nitrogens with two attached hydrogens (primary N) is 1. The molecule has 1 atom stereocenters. The van der Waals surface area contributed by atoms with E-state index in [9.17, 15) is 0 Å². The van der Waals surface area contributed by atoms with Gasteiger partial charge >= 0.3 is 0 Å². The average Bonchev–Trinajstić information content (AvgIpc) is 2.36. The summed E-state index contributed by atoms with van der Waals surface area (Å²) in [7, 11) is 0. The number of nitrogens with zero attached hydrogens (tertiary/aromatic N) is 1. The smallest absolute Gasteiger partial charge is 0.275 e. The minimum atomic E-state index is 0.237. The minimum Gasteiger partial charge on any atom is -0.467 e. The summed E-state index contributed by atoms with van der Waals surface area (Å²) in [5.41, 5.74) is 5.50. The molecule has 2 N–H and O–H groups in total. The highest BCUT2D eigenvalue weighted by molar-refractivity contribution is 7.17. The first-order valence-corrected chi connectivity index (χ1v) is 4.92. The lowest BCUT2D eigenvalue weighted by Gasteiger charge is -2.09. The Labute approximate surface area is 76.6 Å². The van der Waals surface area contributed by atoms with Crippen LogP contribution in [0.1, 0.15) is 26.7 Å². The maximum atomic E-state index is 5.50. The van der Waals surface area contributed by atoms with Crippen LogP contribution in [-0.4, -0.2) is 11.1 Å². The Bertz CT molecular complexity index is 237. The predicted octanol–water partition coefficient (Wildman–Crippen LogP) is 2.29. The van der Waals surface area contributed by atoms with Crippen molar-refractivity contribution in [2.75, 3.05) is 5.73 Å². The van der Waals surface area contributed by atoms with Crippen LogP contribution in [0.15, 0.2) is 6.20 Å². The van der Waals surface area contributed by atoms with Crippen molar-refractivity contribution in [1.29, 1.82) is 0 Å². The summed E-state index contributed by atoms with van der Waals surface area (Å²) >= 11 is 1.39. The summed E-state index contributed by atoms with van der Waals surface area (Å²) < 4.78 is 5.50. The lowest BCUT2D eigenvalue weighted by atomic mass is 10.2. The van der Waals surface area contributed by atoms with Crippen LogP contribution >= 0.6 is 11.3 Å². The average molecular weight is 186 g/mol. The van der Waals surface area contributed by atoms with Gasteiger partial charge in [0.25, 0.3) is 5.19 Å². The zero-order valence-electron chi connectivity index (χ0n) is 7.41. The quantitative estimate of drug-likeness (QED) is 0.784. The predicted molar refractivity (Wildman–Crippen MR) is 51.5 cm³/mol. The molecule has 12 heavy (non-hydrogen) atoms. The lowest BCUT2D eigenvalue weighted by Crippen LogP contribution is -2.10. The van der Waals surface area contributed by atoms with E-state index in [0.717, 1.165) is 12.8 Å². The molecule has 68 valence electrons. The summed E-state index contributed by atoms with van der Waals surface area (Å²) in [6.45, 7) is 4.18. The van der Waals surface area contributed by atoms with Crippen LogP contribution in [-0.2, 0) is 0 Å². The number of nitrogen functional groups attached to an aromatic ring is 1. The summed E-state index contributed by atoms with van der Waals surface area (Å²) in [5, 5.41) is 1.38. The summed E-state index contributed by atoms with van der Waals surface area (Å²) in [5.74, 6) is 0. The molecule has 0 aliphatic carbocycles. The van der Waals surface area contributed by atoms with Gasteiger partial charge in [-0.2, -0.15) is 0 Å². The fourth-order valence-corrected chi connectivity index (χ4v) is 1.59. The third kappa shape index (κ3) is 2.70. The van der Waals surface area contributed by atoms with Crippen LogP contribution in [0.2, 0.25) is 0 Å². The third-order valence-corrected chi connectivity index (χ3v) is 2.22. The maximum absolute atomic E-state index is 5.50. The summed E-state index contributed by atoms with van der Waals surface area (Å²) in [4.78, 5) is 4.01. The largest absolute Gasteiger partial charge is 0.467 e. The topological polar surface area (TPSA) is 48.1 Å². The molecule has 0 saturated carbocycles. The molecule has 0 aliphatic rings. The van der Waals surface area contributed by atoms with Gasteiger partial charge < -0.3 is 10.5 Å². The molecule has 1 heterocycles. The van der Waals surface area contributed by atoms with Gasteiger partial charge in [-0.05, 0) is 13.3 Å². The van der Waals surface area contributed by atoms with E-state index in [1.54, 1.807) is 6.20 Å². The van der Waals surface area contributed by atoms with Gasteiger partial charge in [0.05, 0.1) is 12.3 Å². The van der Waals surface area contributed by atoms with Crippen LogP contribution in [0.25, 0.3) is 0 Å². The first kappa shape index (κ1) is 9.32. The molecule has 4 heteroatoms. The molecule has 0 spiro atoms. The van der Waals surface area contributed by atoms with Crippen molar-refractivity contribution in [2.24, 2.45) is 0 Å². The van der Waals surface area contributed by atoms with E-state index in [1.165, 1.54) is 11.3 Å². The van der Waals surface area contributed by atoms with Gasteiger partial charge in [-0.1, -0.05) is 24.7 Å². The second-order valence-corrected chi connectivity index (χ2v) is 3.77. The van der Waals surface area contributed by atoms with E-state index in [4.69, 9.17) is 10.5 Å². The lowest BCUT2D eigenvalue weighted by molar-refractivity contribution is 0.209. The van der Waals surface area contributed by atoms with E-state index in [1.807, 2.05) is 6.92 Å². The van der Waals surface area contributed by atoms with Crippen LogP contribution in [0.3, 0.4) is 0 Å². The fraction of sp³-hybridized carbons (Fsp3) is 0.625. The summed E-state index contributed by atoms with van der Waals surface area (Å²) in [6.07, 6.45) is 4.04. The second kappa shape index (κ2) is 4.30. The van der Waals surface area contributed by atoms with Crippen molar-refractivity contribution in [1.82, 2.24) is 4.98 Å². The zero-order valence-corrected chi connectivity index (χ0v) is 8.23.